The van der Waals surface area contributed by atoms with Crippen molar-refractivity contribution in [1.29, 1.82) is 0 Å². The van der Waals surface area contributed by atoms with Gasteiger partial charge in [0.15, 0.2) is 23.3 Å². The Morgan fingerprint density at radius 2 is 1.94 bits per heavy atom. The second kappa shape index (κ2) is 7.13. The monoisotopic (exact) mass is 257 g/mol. The van der Waals surface area contributed by atoms with Crippen LogP contribution in [0.1, 0.15) is 33.1 Å². The summed E-state index contributed by atoms with van der Waals surface area (Å²) in [5.74, 6) is -0.943. The molecule has 18 heavy (non-hydrogen) atoms. The van der Waals surface area contributed by atoms with Crippen molar-refractivity contribution >= 4 is 11.6 Å². The van der Waals surface area contributed by atoms with E-state index in [1.165, 1.54) is 0 Å². The Morgan fingerprint density at radius 3 is 2.56 bits per heavy atom. The van der Waals surface area contributed by atoms with E-state index in [1.807, 2.05) is 6.92 Å². The first-order valence-corrected chi connectivity index (χ1v) is 6.41. The highest BCUT2D eigenvalue weighted by molar-refractivity contribution is 5.48. The van der Waals surface area contributed by atoms with Crippen molar-refractivity contribution in [2.75, 3.05) is 30.4 Å². The van der Waals surface area contributed by atoms with Gasteiger partial charge in [0.1, 0.15) is 0 Å². The standard InChI is InChI=1S/C13H21F2N3/c1-4-6-8-18(3)13-11(15)9-10(14)12(17-13)16-7-5-2/h9H,4-8H2,1-3H3,(H,16,17). The van der Waals surface area contributed by atoms with Crippen molar-refractivity contribution in [3.63, 3.8) is 0 Å². The van der Waals surface area contributed by atoms with Crippen LogP contribution in [0.4, 0.5) is 20.4 Å². The molecule has 1 heterocycles. The molecule has 5 heteroatoms. The van der Waals surface area contributed by atoms with E-state index < -0.39 is 11.6 Å². The molecule has 0 spiro atoms. The van der Waals surface area contributed by atoms with E-state index in [0.717, 1.165) is 25.3 Å². The molecule has 0 fully saturated rings. The SMILES string of the molecule is CCCCN(C)c1nc(NCCC)c(F)cc1F. The number of unbranched alkanes of at least 4 members (excludes halogenated alkanes) is 1. The molecule has 0 atom stereocenters. The number of anilines is 2. The van der Waals surface area contributed by atoms with E-state index in [-0.39, 0.29) is 11.6 Å². The lowest BCUT2D eigenvalue weighted by atomic mass is 10.3. The van der Waals surface area contributed by atoms with Gasteiger partial charge in [0, 0.05) is 26.2 Å². The van der Waals surface area contributed by atoms with Gasteiger partial charge < -0.3 is 10.2 Å². The Labute approximate surface area is 107 Å². The summed E-state index contributed by atoms with van der Waals surface area (Å²) in [6.45, 7) is 5.37. The number of rotatable bonds is 7. The number of nitrogens with one attached hydrogen (secondary N) is 1. The zero-order valence-electron chi connectivity index (χ0n) is 11.3. The summed E-state index contributed by atoms with van der Waals surface area (Å²) in [4.78, 5) is 5.74. The molecule has 0 bridgehead atoms. The molecule has 0 aliphatic rings. The van der Waals surface area contributed by atoms with Gasteiger partial charge in [-0.2, -0.15) is 0 Å². The minimum Gasteiger partial charge on any atom is -0.368 e. The van der Waals surface area contributed by atoms with Crippen LogP contribution in [-0.4, -0.2) is 25.1 Å². The fraction of sp³-hybridized carbons (Fsp3) is 0.615. The van der Waals surface area contributed by atoms with Crippen LogP contribution in [0.15, 0.2) is 6.07 Å². The highest BCUT2D eigenvalue weighted by Gasteiger charge is 2.14. The van der Waals surface area contributed by atoms with Crippen molar-refractivity contribution in [3.8, 4) is 0 Å². The summed E-state index contributed by atoms with van der Waals surface area (Å²) in [5.41, 5.74) is 0. The highest BCUT2D eigenvalue weighted by Crippen LogP contribution is 2.21. The van der Waals surface area contributed by atoms with Crippen molar-refractivity contribution in [2.24, 2.45) is 0 Å². The van der Waals surface area contributed by atoms with Crippen LogP contribution in [0.3, 0.4) is 0 Å². The van der Waals surface area contributed by atoms with Crippen molar-refractivity contribution in [2.45, 2.75) is 33.1 Å². The number of hydrogen-bond donors (Lipinski definition) is 1. The van der Waals surface area contributed by atoms with E-state index in [9.17, 15) is 8.78 Å². The highest BCUT2D eigenvalue weighted by atomic mass is 19.1. The van der Waals surface area contributed by atoms with Gasteiger partial charge in [-0.25, -0.2) is 13.8 Å². The molecule has 0 radical (unpaired) electrons. The maximum Gasteiger partial charge on any atom is 0.168 e. The molecular weight excluding hydrogens is 236 g/mol. The summed E-state index contributed by atoms with van der Waals surface area (Å²) >= 11 is 0. The fourth-order valence-electron chi connectivity index (χ4n) is 1.59. The molecule has 102 valence electrons. The largest absolute Gasteiger partial charge is 0.368 e. The Kier molecular flexibility index (Phi) is 5.82. The maximum atomic E-state index is 13.7. The van der Waals surface area contributed by atoms with Crippen LogP contribution in [0.25, 0.3) is 0 Å². The van der Waals surface area contributed by atoms with Gasteiger partial charge in [0.05, 0.1) is 0 Å². The third-order valence-corrected chi connectivity index (χ3v) is 2.66. The van der Waals surface area contributed by atoms with Gasteiger partial charge in [-0.05, 0) is 12.8 Å². The number of hydrogen-bond acceptors (Lipinski definition) is 3. The van der Waals surface area contributed by atoms with Crippen LogP contribution >= 0.6 is 0 Å². The fourth-order valence-corrected chi connectivity index (χ4v) is 1.59. The minimum atomic E-state index is -0.645. The van der Waals surface area contributed by atoms with E-state index in [0.29, 0.717) is 13.1 Å². The third kappa shape index (κ3) is 3.82. The second-order valence-electron chi connectivity index (χ2n) is 4.33. The number of pyridine rings is 1. The van der Waals surface area contributed by atoms with Gasteiger partial charge in [-0.15, -0.1) is 0 Å². The van der Waals surface area contributed by atoms with Gasteiger partial charge in [-0.1, -0.05) is 20.3 Å². The Morgan fingerprint density at radius 1 is 1.22 bits per heavy atom. The molecule has 1 aromatic rings. The normalized spacial score (nSPS) is 10.5. The molecular formula is C13H21F2N3. The molecule has 0 aliphatic heterocycles. The topological polar surface area (TPSA) is 28.2 Å². The predicted octanol–water partition coefficient (Wildman–Crippen LogP) is 3.42. The first-order chi connectivity index (χ1) is 8.60. The number of nitrogens with zero attached hydrogens (tertiary/aromatic N) is 2. The molecule has 0 aliphatic carbocycles. The van der Waals surface area contributed by atoms with Crippen molar-refractivity contribution in [1.82, 2.24) is 4.98 Å². The van der Waals surface area contributed by atoms with Crippen LogP contribution in [0.2, 0.25) is 0 Å². The summed E-state index contributed by atoms with van der Waals surface area (Å²) in [6.07, 6.45) is 2.83. The summed E-state index contributed by atoms with van der Waals surface area (Å²) in [7, 11) is 1.77. The maximum absolute atomic E-state index is 13.7. The van der Waals surface area contributed by atoms with Crippen molar-refractivity contribution in [3.05, 3.63) is 17.7 Å². The average Bonchev–Trinajstić information content (AvgIpc) is 2.35. The molecule has 3 nitrogen and oxygen atoms in total. The van der Waals surface area contributed by atoms with Gasteiger partial charge in [0.25, 0.3) is 0 Å². The van der Waals surface area contributed by atoms with Crippen LogP contribution in [-0.2, 0) is 0 Å². The number of aromatic nitrogens is 1. The summed E-state index contributed by atoms with van der Waals surface area (Å²) in [6, 6.07) is 0.892. The molecule has 1 aromatic heterocycles. The lowest BCUT2D eigenvalue weighted by molar-refractivity contribution is 0.571. The molecule has 0 aromatic carbocycles. The Hall–Kier alpha value is -1.39. The summed E-state index contributed by atoms with van der Waals surface area (Å²) in [5, 5.41) is 2.86. The van der Waals surface area contributed by atoms with Gasteiger partial charge in [0.2, 0.25) is 0 Å². The first kappa shape index (κ1) is 14.7. The minimum absolute atomic E-state index is 0.122. The van der Waals surface area contributed by atoms with Crippen molar-refractivity contribution < 1.29 is 8.78 Å². The summed E-state index contributed by atoms with van der Waals surface area (Å²) < 4.78 is 27.1. The van der Waals surface area contributed by atoms with Crippen LogP contribution in [0.5, 0.6) is 0 Å². The van der Waals surface area contributed by atoms with E-state index in [2.05, 4.69) is 17.2 Å². The zero-order valence-corrected chi connectivity index (χ0v) is 11.3. The lowest BCUT2D eigenvalue weighted by Crippen LogP contribution is -2.22. The molecule has 1 N–H and O–H groups in total. The van der Waals surface area contributed by atoms with Crippen LogP contribution in [0, 0.1) is 11.6 Å². The second-order valence-corrected chi connectivity index (χ2v) is 4.33. The lowest BCUT2D eigenvalue weighted by Gasteiger charge is -2.19. The van der Waals surface area contributed by atoms with E-state index in [4.69, 9.17) is 0 Å². The van der Waals surface area contributed by atoms with Gasteiger partial charge in [-0.3, -0.25) is 0 Å². The van der Waals surface area contributed by atoms with E-state index in [1.54, 1.807) is 11.9 Å². The molecule has 0 amide bonds. The van der Waals surface area contributed by atoms with E-state index >= 15 is 0 Å². The Balaban J connectivity index is 2.89. The Bertz CT molecular complexity index is 383. The molecule has 0 unspecified atom stereocenters. The molecule has 1 rings (SSSR count). The third-order valence-electron chi connectivity index (χ3n) is 2.66. The predicted molar refractivity (Wildman–Crippen MR) is 71.1 cm³/mol. The number of halogens is 2. The van der Waals surface area contributed by atoms with Gasteiger partial charge >= 0.3 is 0 Å². The molecule has 0 saturated carbocycles. The smallest absolute Gasteiger partial charge is 0.168 e. The average molecular weight is 257 g/mol. The van der Waals surface area contributed by atoms with Crippen LogP contribution < -0.4 is 10.2 Å². The molecule has 0 saturated heterocycles. The first-order valence-electron chi connectivity index (χ1n) is 6.41. The zero-order chi connectivity index (χ0) is 13.5. The quantitative estimate of drug-likeness (QED) is 0.811.